The highest BCUT2D eigenvalue weighted by atomic mass is 15.2. The van der Waals surface area contributed by atoms with Gasteiger partial charge >= 0.3 is 0 Å². The number of likely N-dealkylation sites (tertiary alicyclic amines) is 1. The van der Waals surface area contributed by atoms with E-state index in [1.54, 1.807) is 0 Å². The first-order valence-corrected chi connectivity index (χ1v) is 7.70. The minimum absolute atomic E-state index is 0.434. The summed E-state index contributed by atoms with van der Waals surface area (Å²) >= 11 is 0. The minimum atomic E-state index is 0.434. The number of hydrogen-bond donors (Lipinski definition) is 1. The van der Waals surface area contributed by atoms with E-state index in [9.17, 15) is 0 Å². The predicted octanol–water partition coefficient (Wildman–Crippen LogP) is 3.17. The van der Waals surface area contributed by atoms with Crippen LogP contribution in [0, 0.1) is 0 Å². The Labute approximate surface area is 107 Å². The lowest BCUT2D eigenvalue weighted by molar-refractivity contribution is 0.116. The zero-order valence-electron chi connectivity index (χ0n) is 11.8. The first-order chi connectivity index (χ1) is 8.20. The highest BCUT2D eigenvalue weighted by Crippen LogP contribution is 2.30. The van der Waals surface area contributed by atoms with Crippen LogP contribution in [0.5, 0.6) is 0 Å². The molecule has 1 N–H and O–H groups in total. The van der Waals surface area contributed by atoms with Gasteiger partial charge in [-0.1, -0.05) is 39.5 Å². The summed E-state index contributed by atoms with van der Waals surface area (Å²) in [6, 6.07) is 0.623. The third-order valence-corrected chi connectivity index (χ3v) is 4.38. The molecule has 2 aliphatic rings. The lowest BCUT2D eigenvalue weighted by Gasteiger charge is -2.44. The third-order valence-electron chi connectivity index (χ3n) is 4.38. The molecule has 0 unspecified atom stereocenters. The molecule has 0 radical (unpaired) electrons. The van der Waals surface area contributed by atoms with Crippen LogP contribution in [-0.2, 0) is 0 Å². The van der Waals surface area contributed by atoms with Gasteiger partial charge in [-0.05, 0) is 38.8 Å². The summed E-state index contributed by atoms with van der Waals surface area (Å²) < 4.78 is 0. The molecule has 1 saturated heterocycles. The Morgan fingerprint density at radius 2 is 1.53 bits per heavy atom. The Morgan fingerprint density at radius 1 is 0.941 bits per heavy atom. The van der Waals surface area contributed by atoms with Gasteiger partial charge in [0.2, 0.25) is 0 Å². The maximum atomic E-state index is 3.90. The Balaban J connectivity index is 1.93. The second kappa shape index (κ2) is 6.19. The van der Waals surface area contributed by atoms with Crippen LogP contribution in [-0.4, -0.2) is 36.1 Å². The van der Waals surface area contributed by atoms with Crippen molar-refractivity contribution in [2.75, 3.05) is 19.6 Å². The number of nitrogens with one attached hydrogen (secondary N) is 1. The van der Waals surface area contributed by atoms with Gasteiger partial charge < -0.3 is 10.2 Å². The third kappa shape index (κ3) is 3.96. The van der Waals surface area contributed by atoms with E-state index in [2.05, 4.69) is 24.1 Å². The van der Waals surface area contributed by atoms with Crippen molar-refractivity contribution in [2.24, 2.45) is 0 Å². The van der Waals surface area contributed by atoms with Crippen molar-refractivity contribution in [3.8, 4) is 0 Å². The summed E-state index contributed by atoms with van der Waals surface area (Å²) in [7, 11) is 0. The van der Waals surface area contributed by atoms with Crippen molar-refractivity contribution in [1.82, 2.24) is 10.2 Å². The minimum Gasteiger partial charge on any atom is -0.308 e. The van der Waals surface area contributed by atoms with E-state index in [-0.39, 0.29) is 0 Å². The van der Waals surface area contributed by atoms with E-state index in [0.717, 1.165) is 0 Å². The second-order valence-corrected chi connectivity index (χ2v) is 6.48. The van der Waals surface area contributed by atoms with Crippen LogP contribution < -0.4 is 5.32 Å². The summed E-state index contributed by atoms with van der Waals surface area (Å²) in [5.74, 6) is 0. The van der Waals surface area contributed by atoms with Gasteiger partial charge in [0.15, 0.2) is 0 Å². The van der Waals surface area contributed by atoms with E-state index in [0.29, 0.717) is 11.6 Å². The number of nitrogens with zero attached hydrogens (tertiary/aromatic N) is 1. The monoisotopic (exact) mass is 238 g/mol. The zero-order valence-corrected chi connectivity index (χ0v) is 11.8. The molecule has 1 aliphatic heterocycles. The quantitative estimate of drug-likeness (QED) is 0.809. The lowest BCUT2D eigenvalue weighted by Crippen LogP contribution is -2.57. The molecule has 0 spiro atoms. The van der Waals surface area contributed by atoms with Crippen molar-refractivity contribution in [3.63, 3.8) is 0 Å². The molecular formula is C15H30N2. The molecule has 1 aliphatic carbocycles. The molecule has 0 aromatic heterocycles. The van der Waals surface area contributed by atoms with Crippen LogP contribution in [0.4, 0.5) is 0 Å². The van der Waals surface area contributed by atoms with Crippen LogP contribution in [0.25, 0.3) is 0 Å². The Morgan fingerprint density at radius 3 is 2.12 bits per heavy atom. The molecule has 2 heteroatoms. The van der Waals surface area contributed by atoms with E-state index in [1.807, 2.05) is 0 Å². The molecule has 1 heterocycles. The Hall–Kier alpha value is -0.0800. The smallest absolute Gasteiger partial charge is 0.0310 e. The molecule has 0 aromatic carbocycles. The molecule has 17 heavy (non-hydrogen) atoms. The summed E-state index contributed by atoms with van der Waals surface area (Å²) in [5, 5.41) is 3.90. The molecule has 2 rings (SSSR count). The highest BCUT2D eigenvalue weighted by Gasteiger charge is 2.34. The Bertz CT molecular complexity index is 213. The Kier molecular flexibility index (Phi) is 4.87. The van der Waals surface area contributed by atoms with Crippen LogP contribution >= 0.6 is 0 Å². The van der Waals surface area contributed by atoms with Crippen molar-refractivity contribution in [2.45, 2.75) is 76.8 Å². The van der Waals surface area contributed by atoms with Gasteiger partial charge in [-0.3, -0.25) is 0 Å². The standard InChI is InChI=1S/C15H30N2/c1-14(2)16-15(9-5-3-6-10-15)13-17-11-7-4-8-12-17/h14,16H,3-13H2,1-2H3. The number of rotatable bonds is 4. The van der Waals surface area contributed by atoms with Gasteiger partial charge in [-0.2, -0.15) is 0 Å². The van der Waals surface area contributed by atoms with Gasteiger partial charge in [-0.25, -0.2) is 0 Å². The molecular weight excluding hydrogens is 208 g/mol. The summed E-state index contributed by atoms with van der Waals surface area (Å²) in [6.45, 7) is 8.56. The zero-order chi connectivity index (χ0) is 12.1. The first-order valence-electron chi connectivity index (χ1n) is 7.70. The second-order valence-electron chi connectivity index (χ2n) is 6.48. The van der Waals surface area contributed by atoms with Gasteiger partial charge in [0.1, 0.15) is 0 Å². The maximum absolute atomic E-state index is 3.90. The van der Waals surface area contributed by atoms with Gasteiger partial charge in [0, 0.05) is 18.1 Å². The largest absolute Gasteiger partial charge is 0.308 e. The van der Waals surface area contributed by atoms with Crippen molar-refractivity contribution >= 4 is 0 Å². The van der Waals surface area contributed by atoms with Crippen molar-refractivity contribution < 1.29 is 0 Å². The van der Waals surface area contributed by atoms with E-state index < -0.39 is 0 Å². The molecule has 2 fully saturated rings. The molecule has 1 saturated carbocycles. The van der Waals surface area contributed by atoms with Crippen LogP contribution in [0.1, 0.15) is 65.2 Å². The first kappa shape index (κ1) is 13.4. The van der Waals surface area contributed by atoms with Crippen molar-refractivity contribution in [1.29, 1.82) is 0 Å². The molecule has 100 valence electrons. The molecule has 0 aromatic rings. The fraction of sp³-hybridized carbons (Fsp3) is 1.00. The van der Waals surface area contributed by atoms with Gasteiger partial charge in [0.05, 0.1) is 0 Å². The number of hydrogen-bond acceptors (Lipinski definition) is 2. The normalized spacial score (nSPS) is 26.3. The fourth-order valence-electron chi connectivity index (χ4n) is 3.73. The lowest BCUT2D eigenvalue weighted by atomic mass is 9.80. The molecule has 0 atom stereocenters. The van der Waals surface area contributed by atoms with E-state index in [4.69, 9.17) is 0 Å². The molecule has 0 bridgehead atoms. The van der Waals surface area contributed by atoms with Crippen LogP contribution in [0.15, 0.2) is 0 Å². The summed E-state index contributed by atoms with van der Waals surface area (Å²) in [6.07, 6.45) is 11.3. The van der Waals surface area contributed by atoms with E-state index >= 15 is 0 Å². The molecule has 0 amide bonds. The SMILES string of the molecule is CC(C)NC1(CN2CCCCC2)CCCCC1. The maximum Gasteiger partial charge on any atom is 0.0310 e. The highest BCUT2D eigenvalue weighted by molar-refractivity contribution is 4.95. The summed E-state index contributed by atoms with van der Waals surface area (Å²) in [5.41, 5.74) is 0.434. The topological polar surface area (TPSA) is 15.3 Å². The average molecular weight is 238 g/mol. The van der Waals surface area contributed by atoms with E-state index in [1.165, 1.54) is 71.0 Å². The molecule has 2 nitrogen and oxygen atoms in total. The van der Waals surface area contributed by atoms with Gasteiger partial charge in [-0.15, -0.1) is 0 Å². The average Bonchev–Trinajstić information content (AvgIpc) is 2.30. The predicted molar refractivity (Wildman–Crippen MR) is 74.4 cm³/mol. The fourth-order valence-corrected chi connectivity index (χ4v) is 3.73. The van der Waals surface area contributed by atoms with Crippen molar-refractivity contribution in [3.05, 3.63) is 0 Å². The van der Waals surface area contributed by atoms with Crippen LogP contribution in [0.3, 0.4) is 0 Å². The number of piperidine rings is 1. The van der Waals surface area contributed by atoms with Crippen LogP contribution in [0.2, 0.25) is 0 Å². The van der Waals surface area contributed by atoms with Gasteiger partial charge in [0.25, 0.3) is 0 Å². The summed E-state index contributed by atoms with van der Waals surface area (Å²) in [4.78, 5) is 2.71.